The number of rotatable bonds is 2. The molecule has 0 aromatic heterocycles. The minimum Gasteiger partial charge on any atom is -0.444 e. The average molecular weight is 293 g/mol. The Kier molecular flexibility index (Phi) is 4.53. The maximum atomic E-state index is 12.4. The molecule has 0 spiro atoms. The van der Waals surface area contributed by atoms with E-state index < -0.39 is 11.2 Å². The van der Waals surface area contributed by atoms with Gasteiger partial charge in [0.05, 0.1) is 5.60 Å². The van der Waals surface area contributed by atoms with E-state index in [1.54, 1.807) is 0 Å². The van der Waals surface area contributed by atoms with E-state index in [2.05, 4.69) is 5.92 Å². The second kappa shape index (κ2) is 5.88. The van der Waals surface area contributed by atoms with Crippen molar-refractivity contribution >= 4 is 6.09 Å². The fraction of sp³-hybridized carbons (Fsp3) is 0.824. The van der Waals surface area contributed by atoms with Gasteiger partial charge in [0.1, 0.15) is 5.60 Å². The Labute approximate surface area is 127 Å². The molecule has 0 saturated carbocycles. The molecule has 21 heavy (non-hydrogen) atoms. The van der Waals surface area contributed by atoms with Gasteiger partial charge in [0.15, 0.2) is 0 Å². The number of amides is 1. The van der Waals surface area contributed by atoms with E-state index in [1.807, 2.05) is 25.7 Å². The van der Waals surface area contributed by atoms with Crippen molar-refractivity contribution in [2.45, 2.75) is 89.0 Å². The summed E-state index contributed by atoms with van der Waals surface area (Å²) in [6, 6.07) is 0.158. The molecule has 2 aliphatic heterocycles. The summed E-state index contributed by atoms with van der Waals surface area (Å²) in [4.78, 5) is 14.3. The van der Waals surface area contributed by atoms with Crippen LogP contribution >= 0.6 is 0 Å². The minimum atomic E-state index is -0.722. The molecule has 2 rings (SSSR count). The highest BCUT2D eigenvalue weighted by Gasteiger charge is 2.47. The van der Waals surface area contributed by atoms with E-state index in [-0.39, 0.29) is 18.2 Å². The van der Waals surface area contributed by atoms with Crippen molar-refractivity contribution in [3.63, 3.8) is 0 Å². The van der Waals surface area contributed by atoms with Crippen LogP contribution in [0.5, 0.6) is 0 Å². The van der Waals surface area contributed by atoms with Gasteiger partial charge in [-0.1, -0.05) is 0 Å². The van der Waals surface area contributed by atoms with E-state index in [1.165, 1.54) is 0 Å². The Morgan fingerprint density at radius 1 is 1.38 bits per heavy atom. The molecular formula is C17H27NO3. The lowest BCUT2D eigenvalue weighted by molar-refractivity contribution is -0.0951. The first-order valence-electron chi connectivity index (χ1n) is 7.91. The number of hydrogen-bond acceptors (Lipinski definition) is 3. The Balaban J connectivity index is 2.09. The van der Waals surface area contributed by atoms with Crippen LogP contribution in [0.1, 0.15) is 65.7 Å². The lowest BCUT2D eigenvalue weighted by atomic mass is 9.74. The first-order chi connectivity index (χ1) is 9.74. The zero-order valence-corrected chi connectivity index (χ0v) is 13.4. The quantitative estimate of drug-likeness (QED) is 0.796. The average Bonchev–Trinajstić information content (AvgIpc) is 2.33. The van der Waals surface area contributed by atoms with E-state index in [4.69, 9.17) is 11.2 Å². The zero-order chi connectivity index (χ0) is 15.7. The molecule has 0 aromatic carbocycles. The van der Waals surface area contributed by atoms with Crippen LogP contribution in [0.3, 0.4) is 0 Å². The number of fused-ring (bicyclic) bond motifs is 2. The van der Waals surface area contributed by atoms with E-state index in [0.29, 0.717) is 25.7 Å². The van der Waals surface area contributed by atoms with Crippen molar-refractivity contribution in [1.82, 2.24) is 4.90 Å². The standard InChI is InChI=1S/C17H27NO3/c1-5-6-10-17(20)11-13-8-7-9-14(12-17)18(13)15(19)21-16(2,3)4/h1,13-14,20H,6-12H2,2-4H3. The Hall–Kier alpha value is -1.21. The van der Waals surface area contributed by atoms with Crippen LogP contribution in [0.2, 0.25) is 0 Å². The third-order valence-electron chi connectivity index (χ3n) is 4.43. The van der Waals surface area contributed by atoms with Crippen LogP contribution in [0, 0.1) is 12.3 Å². The van der Waals surface area contributed by atoms with Crippen molar-refractivity contribution in [1.29, 1.82) is 0 Å². The zero-order valence-electron chi connectivity index (χ0n) is 13.4. The molecule has 1 amide bonds. The Morgan fingerprint density at radius 2 is 1.95 bits per heavy atom. The number of hydrogen-bond donors (Lipinski definition) is 1. The number of terminal acetylenes is 1. The van der Waals surface area contributed by atoms with Crippen LogP contribution in [0.4, 0.5) is 4.79 Å². The van der Waals surface area contributed by atoms with Crippen molar-refractivity contribution in [3.05, 3.63) is 0 Å². The first-order valence-corrected chi connectivity index (χ1v) is 7.91. The summed E-state index contributed by atoms with van der Waals surface area (Å²) in [6.07, 6.45) is 10.5. The summed E-state index contributed by atoms with van der Waals surface area (Å²) in [5.74, 6) is 2.61. The fourth-order valence-electron chi connectivity index (χ4n) is 3.65. The normalized spacial score (nSPS) is 32.4. The molecule has 2 fully saturated rings. The monoisotopic (exact) mass is 293 g/mol. The summed E-state index contributed by atoms with van der Waals surface area (Å²) >= 11 is 0. The molecule has 0 aromatic rings. The number of carbonyl (C=O) groups excluding carboxylic acids is 1. The molecule has 2 bridgehead atoms. The third kappa shape index (κ3) is 3.91. The van der Waals surface area contributed by atoms with Gasteiger partial charge in [-0.2, -0.15) is 0 Å². The van der Waals surface area contributed by atoms with Crippen LogP contribution in [0.15, 0.2) is 0 Å². The van der Waals surface area contributed by atoms with Gasteiger partial charge in [-0.3, -0.25) is 0 Å². The largest absolute Gasteiger partial charge is 0.444 e. The summed E-state index contributed by atoms with van der Waals surface area (Å²) in [5.41, 5.74) is -1.21. The predicted molar refractivity (Wildman–Crippen MR) is 81.8 cm³/mol. The highest BCUT2D eigenvalue weighted by atomic mass is 16.6. The summed E-state index contributed by atoms with van der Waals surface area (Å²) < 4.78 is 5.54. The highest BCUT2D eigenvalue weighted by molar-refractivity contribution is 5.69. The molecule has 2 atom stereocenters. The van der Waals surface area contributed by atoms with Gasteiger partial charge in [-0.15, -0.1) is 12.3 Å². The highest BCUT2D eigenvalue weighted by Crippen LogP contribution is 2.41. The number of piperidine rings is 2. The molecule has 2 saturated heterocycles. The van der Waals surface area contributed by atoms with Crippen molar-refractivity contribution < 1.29 is 14.6 Å². The summed E-state index contributed by atoms with van der Waals surface area (Å²) in [7, 11) is 0. The molecule has 118 valence electrons. The number of carbonyl (C=O) groups is 1. The van der Waals surface area contributed by atoms with E-state index in [0.717, 1.165) is 19.3 Å². The smallest absolute Gasteiger partial charge is 0.410 e. The van der Waals surface area contributed by atoms with Crippen molar-refractivity contribution in [3.8, 4) is 12.3 Å². The van der Waals surface area contributed by atoms with Gasteiger partial charge < -0.3 is 14.7 Å². The van der Waals surface area contributed by atoms with E-state index >= 15 is 0 Å². The third-order valence-corrected chi connectivity index (χ3v) is 4.43. The van der Waals surface area contributed by atoms with Gasteiger partial charge in [0.2, 0.25) is 0 Å². The molecule has 2 aliphatic rings. The molecule has 4 heteroatoms. The molecule has 0 radical (unpaired) electrons. The molecule has 2 heterocycles. The van der Waals surface area contributed by atoms with E-state index in [9.17, 15) is 9.90 Å². The van der Waals surface area contributed by atoms with Crippen molar-refractivity contribution in [2.24, 2.45) is 0 Å². The second-order valence-corrected chi connectivity index (χ2v) is 7.46. The predicted octanol–water partition coefficient (Wildman–Crippen LogP) is 3.08. The SMILES string of the molecule is C#CCCC1(O)CC2CCCC(C1)N2C(=O)OC(C)(C)C. The van der Waals surface area contributed by atoms with Gasteiger partial charge >= 0.3 is 6.09 Å². The lowest BCUT2D eigenvalue weighted by Gasteiger charge is -2.51. The Bertz CT molecular complexity index is 418. The molecule has 2 unspecified atom stereocenters. The number of ether oxygens (including phenoxy) is 1. The first kappa shape index (κ1) is 16.2. The summed E-state index contributed by atoms with van der Waals surface area (Å²) in [5, 5.41) is 10.8. The van der Waals surface area contributed by atoms with Crippen LogP contribution in [-0.4, -0.2) is 39.4 Å². The molecule has 1 N–H and O–H groups in total. The van der Waals surface area contributed by atoms with Gasteiger partial charge in [-0.25, -0.2) is 4.79 Å². The fourth-order valence-corrected chi connectivity index (χ4v) is 3.65. The van der Waals surface area contributed by atoms with Crippen LogP contribution in [0.25, 0.3) is 0 Å². The number of nitrogens with zero attached hydrogens (tertiary/aromatic N) is 1. The maximum absolute atomic E-state index is 12.4. The topological polar surface area (TPSA) is 49.8 Å². The molecule has 4 nitrogen and oxygen atoms in total. The molecule has 0 aliphatic carbocycles. The molecular weight excluding hydrogens is 266 g/mol. The number of aliphatic hydroxyl groups is 1. The van der Waals surface area contributed by atoms with Crippen molar-refractivity contribution in [2.75, 3.05) is 0 Å². The Morgan fingerprint density at radius 3 is 2.43 bits per heavy atom. The maximum Gasteiger partial charge on any atom is 0.410 e. The second-order valence-electron chi connectivity index (χ2n) is 7.46. The van der Waals surface area contributed by atoms with Gasteiger partial charge in [0.25, 0.3) is 0 Å². The summed E-state index contributed by atoms with van der Waals surface area (Å²) in [6.45, 7) is 5.65. The van der Waals surface area contributed by atoms with Gasteiger partial charge in [-0.05, 0) is 59.3 Å². The van der Waals surface area contributed by atoms with Crippen LogP contribution < -0.4 is 0 Å². The minimum absolute atomic E-state index is 0.0788. The van der Waals surface area contributed by atoms with Crippen LogP contribution in [-0.2, 0) is 4.74 Å². The lowest BCUT2D eigenvalue weighted by Crippen LogP contribution is -2.60. The van der Waals surface area contributed by atoms with Gasteiger partial charge in [0, 0.05) is 18.5 Å².